The fourth-order valence-electron chi connectivity index (χ4n) is 3.84. The first-order valence-corrected chi connectivity index (χ1v) is 11.2. The second-order valence-electron chi connectivity index (χ2n) is 8.03. The van der Waals surface area contributed by atoms with Gasteiger partial charge in [0.15, 0.2) is 5.65 Å². The number of pyridine rings is 2. The maximum Gasteiger partial charge on any atom is 0.299 e. The summed E-state index contributed by atoms with van der Waals surface area (Å²) in [5.41, 5.74) is 0.240. The van der Waals surface area contributed by atoms with Crippen LogP contribution in [0.3, 0.4) is 0 Å². The predicted molar refractivity (Wildman–Crippen MR) is 129 cm³/mol. The van der Waals surface area contributed by atoms with Gasteiger partial charge < -0.3 is 15.8 Å². The van der Waals surface area contributed by atoms with Gasteiger partial charge in [-0.25, -0.2) is 13.8 Å². The Balaban J connectivity index is 1.55. The molecule has 0 bridgehead atoms. The Morgan fingerprint density at radius 2 is 1.83 bits per heavy atom. The molecule has 0 aliphatic carbocycles. The van der Waals surface area contributed by atoms with Gasteiger partial charge in [-0.1, -0.05) is 36.4 Å². The molecular formula is C26H24F2N4O3. The van der Waals surface area contributed by atoms with Gasteiger partial charge in [-0.3, -0.25) is 9.59 Å². The Hall–Kier alpha value is -4.27. The summed E-state index contributed by atoms with van der Waals surface area (Å²) in [5.74, 6) is -2.36. The lowest BCUT2D eigenvalue weighted by molar-refractivity contribution is 0.0944. The zero-order valence-corrected chi connectivity index (χ0v) is 18.8. The number of carbonyl (C=O) groups is 1. The summed E-state index contributed by atoms with van der Waals surface area (Å²) in [6, 6.07) is 16.3. The van der Waals surface area contributed by atoms with Crippen molar-refractivity contribution in [1.82, 2.24) is 15.0 Å². The zero-order valence-electron chi connectivity index (χ0n) is 18.8. The Bertz CT molecular complexity index is 1410. The molecule has 0 aliphatic heterocycles. The van der Waals surface area contributed by atoms with Crippen LogP contribution < -0.4 is 16.2 Å². The molecule has 0 fully saturated rings. The molecule has 180 valence electrons. The number of aryl methyl sites for hydroxylation is 1. The molecule has 9 heteroatoms. The zero-order chi connectivity index (χ0) is 24.8. The van der Waals surface area contributed by atoms with Crippen molar-refractivity contribution < 1.29 is 18.8 Å². The molecule has 0 saturated carbocycles. The summed E-state index contributed by atoms with van der Waals surface area (Å²) in [6.45, 7) is 0.204. The molecule has 0 atom stereocenters. The predicted octanol–water partition coefficient (Wildman–Crippen LogP) is 4.28. The van der Waals surface area contributed by atoms with Gasteiger partial charge in [0.05, 0.1) is 5.69 Å². The van der Waals surface area contributed by atoms with E-state index in [4.69, 9.17) is 0 Å². The second kappa shape index (κ2) is 10.8. The smallest absolute Gasteiger partial charge is 0.299 e. The molecule has 4 aromatic rings. The van der Waals surface area contributed by atoms with Gasteiger partial charge in [0.2, 0.25) is 0 Å². The minimum Gasteiger partial charge on any atom is -0.423 e. The first kappa shape index (κ1) is 23.9. The van der Waals surface area contributed by atoms with Crippen molar-refractivity contribution in [3.8, 4) is 0 Å². The molecule has 7 nitrogen and oxygen atoms in total. The van der Waals surface area contributed by atoms with Crippen molar-refractivity contribution in [3.63, 3.8) is 0 Å². The van der Waals surface area contributed by atoms with Crippen LogP contribution in [0.4, 0.5) is 14.5 Å². The van der Waals surface area contributed by atoms with E-state index < -0.39 is 23.1 Å². The van der Waals surface area contributed by atoms with Crippen LogP contribution in [0, 0.1) is 11.6 Å². The molecule has 2 heterocycles. The van der Waals surface area contributed by atoms with E-state index in [-0.39, 0.29) is 29.0 Å². The lowest BCUT2D eigenvalue weighted by Gasteiger charge is -2.16. The summed E-state index contributed by atoms with van der Waals surface area (Å²) >= 11 is 0. The van der Waals surface area contributed by atoms with Crippen LogP contribution in [0.25, 0.3) is 11.0 Å². The second-order valence-corrected chi connectivity index (χ2v) is 8.03. The van der Waals surface area contributed by atoms with Gasteiger partial charge in [-0.2, -0.15) is 0 Å². The molecule has 0 aliphatic rings. The highest BCUT2D eigenvalue weighted by Crippen LogP contribution is 2.24. The lowest BCUT2D eigenvalue weighted by Crippen LogP contribution is -2.34. The fourth-order valence-corrected chi connectivity index (χ4v) is 3.84. The Kier molecular flexibility index (Phi) is 7.35. The largest absolute Gasteiger partial charge is 0.423 e. The third-order valence-corrected chi connectivity index (χ3v) is 5.63. The lowest BCUT2D eigenvalue weighted by atomic mass is 10.1. The minimum absolute atomic E-state index is 0.00501. The standard InChI is InChI=1S/C26H24F2N4O3/c27-19-12-11-18(21(28)15-19)16-31-25(33)22-23(20-10-6-14-30-24(20)32(35)26(22)34)29-13-5-4-9-17-7-2-1-3-8-17/h1-3,6-8,10-12,14-15,29,35H,4-5,9,13,16H2,(H,31,33). The number of anilines is 1. The van der Waals surface area contributed by atoms with Crippen molar-refractivity contribution in [2.24, 2.45) is 0 Å². The molecule has 2 aromatic carbocycles. The summed E-state index contributed by atoms with van der Waals surface area (Å²) in [5, 5.41) is 16.4. The van der Waals surface area contributed by atoms with E-state index >= 15 is 0 Å². The third kappa shape index (κ3) is 5.46. The summed E-state index contributed by atoms with van der Waals surface area (Å²) in [6.07, 6.45) is 3.96. The van der Waals surface area contributed by atoms with E-state index in [1.807, 2.05) is 18.2 Å². The van der Waals surface area contributed by atoms with Gasteiger partial charge in [0.1, 0.15) is 17.2 Å². The highest BCUT2D eigenvalue weighted by Gasteiger charge is 2.23. The number of hydrogen-bond acceptors (Lipinski definition) is 5. The van der Waals surface area contributed by atoms with Gasteiger partial charge in [0.25, 0.3) is 11.5 Å². The number of unbranched alkanes of at least 4 members (excludes halogenated alkanes) is 1. The number of benzene rings is 2. The molecule has 35 heavy (non-hydrogen) atoms. The number of halogens is 2. The number of amides is 1. The van der Waals surface area contributed by atoms with Crippen LogP contribution in [0.1, 0.15) is 34.3 Å². The molecule has 0 radical (unpaired) electrons. The summed E-state index contributed by atoms with van der Waals surface area (Å²) in [7, 11) is 0. The average molecular weight is 478 g/mol. The minimum atomic E-state index is -0.958. The SMILES string of the molecule is O=C(NCc1ccc(F)cc1F)c1c(NCCCCc2ccccc2)c2cccnc2n(O)c1=O. The van der Waals surface area contributed by atoms with Crippen molar-refractivity contribution in [2.75, 3.05) is 11.9 Å². The quantitative estimate of drug-likeness (QED) is 0.247. The molecule has 0 unspecified atom stereocenters. The molecule has 0 saturated heterocycles. The van der Waals surface area contributed by atoms with Crippen LogP contribution in [0.5, 0.6) is 0 Å². The van der Waals surface area contributed by atoms with Crippen LogP contribution in [0.15, 0.2) is 71.7 Å². The van der Waals surface area contributed by atoms with Crippen molar-refractivity contribution in [2.45, 2.75) is 25.8 Å². The van der Waals surface area contributed by atoms with E-state index in [9.17, 15) is 23.6 Å². The van der Waals surface area contributed by atoms with E-state index in [0.717, 1.165) is 25.3 Å². The number of rotatable bonds is 9. The number of carbonyl (C=O) groups excluding carboxylic acids is 1. The van der Waals surface area contributed by atoms with Crippen LogP contribution in [-0.4, -0.2) is 27.4 Å². The topological polar surface area (TPSA) is 96.2 Å². The molecule has 2 aromatic heterocycles. The maximum absolute atomic E-state index is 14.0. The number of hydrogen-bond donors (Lipinski definition) is 3. The van der Waals surface area contributed by atoms with Gasteiger partial charge in [-0.05, 0) is 43.0 Å². The normalized spacial score (nSPS) is 10.9. The van der Waals surface area contributed by atoms with E-state index in [0.29, 0.717) is 22.7 Å². The monoisotopic (exact) mass is 478 g/mol. The molecule has 3 N–H and O–H groups in total. The van der Waals surface area contributed by atoms with Gasteiger partial charge in [0, 0.05) is 36.3 Å². The van der Waals surface area contributed by atoms with E-state index in [1.54, 1.807) is 12.1 Å². The Labute approximate surface area is 200 Å². The number of nitrogens with zero attached hydrogens (tertiary/aromatic N) is 2. The molecule has 0 spiro atoms. The van der Waals surface area contributed by atoms with Crippen LogP contribution in [0.2, 0.25) is 0 Å². The number of fused-ring (bicyclic) bond motifs is 1. The van der Waals surface area contributed by atoms with Crippen LogP contribution in [-0.2, 0) is 13.0 Å². The summed E-state index contributed by atoms with van der Waals surface area (Å²) < 4.78 is 27.5. The molecular weight excluding hydrogens is 454 g/mol. The first-order valence-electron chi connectivity index (χ1n) is 11.2. The van der Waals surface area contributed by atoms with Crippen molar-refractivity contribution >= 4 is 22.6 Å². The van der Waals surface area contributed by atoms with Gasteiger partial charge in [-0.15, -0.1) is 4.73 Å². The van der Waals surface area contributed by atoms with E-state index in [2.05, 4.69) is 27.8 Å². The number of aromatic nitrogens is 2. The fraction of sp³-hybridized carbons (Fsp3) is 0.192. The Morgan fingerprint density at radius 1 is 1.03 bits per heavy atom. The first-order chi connectivity index (χ1) is 17.0. The Morgan fingerprint density at radius 3 is 2.60 bits per heavy atom. The maximum atomic E-state index is 14.0. The highest BCUT2D eigenvalue weighted by atomic mass is 19.1. The van der Waals surface area contributed by atoms with Gasteiger partial charge >= 0.3 is 0 Å². The third-order valence-electron chi connectivity index (χ3n) is 5.63. The summed E-state index contributed by atoms with van der Waals surface area (Å²) in [4.78, 5) is 30.0. The number of nitrogens with one attached hydrogen (secondary N) is 2. The average Bonchev–Trinajstić information content (AvgIpc) is 2.86. The van der Waals surface area contributed by atoms with E-state index in [1.165, 1.54) is 17.8 Å². The molecule has 4 rings (SSSR count). The molecule has 1 amide bonds. The van der Waals surface area contributed by atoms with Crippen molar-refractivity contribution in [1.29, 1.82) is 0 Å². The van der Waals surface area contributed by atoms with Crippen molar-refractivity contribution in [3.05, 3.63) is 106 Å². The van der Waals surface area contributed by atoms with Crippen LogP contribution >= 0.6 is 0 Å². The highest BCUT2D eigenvalue weighted by molar-refractivity contribution is 6.06.